The van der Waals surface area contributed by atoms with Gasteiger partial charge in [0.25, 0.3) is 0 Å². The number of aromatic nitrogens is 1. The molecule has 1 saturated heterocycles. The van der Waals surface area contributed by atoms with Gasteiger partial charge in [-0.3, -0.25) is 9.89 Å². The number of nitrogens with one attached hydrogen (secondary N) is 2. The maximum atomic E-state index is 5.56. The number of halogens is 1. The Bertz CT molecular complexity index is 814. The number of hydrogen-bond donors (Lipinski definition) is 2. The summed E-state index contributed by atoms with van der Waals surface area (Å²) >= 11 is 0. The van der Waals surface area contributed by atoms with E-state index in [0.29, 0.717) is 12.5 Å². The fourth-order valence-electron chi connectivity index (χ4n) is 4.03. The van der Waals surface area contributed by atoms with Crippen molar-refractivity contribution in [2.75, 3.05) is 39.9 Å². The van der Waals surface area contributed by atoms with E-state index in [1.165, 1.54) is 11.1 Å². The highest BCUT2D eigenvalue weighted by molar-refractivity contribution is 14.0. The fraction of sp³-hybridized carbons (Fsp3) is 0.583. The van der Waals surface area contributed by atoms with Gasteiger partial charge in [-0.05, 0) is 25.3 Å². The van der Waals surface area contributed by atoms with Crippen LogP contribution in [-0.2, 0) is 11.3 Å². The molecular weight excluding hydrogens is 517 g/mol. The molecule has 0 spiro atoms. The molecule has 3 rings (SSSR count). The van der Waals surface area contributed by atoms with Crippen molar-refractivity contribution in [1.82, 2.24) is 20.7 Å². The fourth-order valence-corrected chi connectivity index (χ4v) is 4.03. The zero-order valence-corrected chi connectivity index (χ0v) is 22.1. The number of nitrogens with zero attached hydrogens (tertiary/aromatic N) is 3. The normalized spacial score (nSPS) is 16.0. The second-order valence-electron chi connectivity index (χ2n) is 8.11. The number of aryl methyl sites for hydroxylation is 1. The van der Waals surface area contributed by atoms with Gasteiger partial charge in [-0.25, -0.2) is 0 Å². The van der Waals surface area contributed by atoms with E-state index in [1.54, 1.807) is 7.05 Å². The van der Waals surface area contributed by atoms with Gasteiger partial charge in [-0.2, -0.15) is 0 Å². The molecule has 0 aliphatic carbocycles. The number of hydrogen-bond acceptors (Lipinski definition) is 5. The smallest absolute Gasteiger partial charge is 0.191 e. The van der Waals surface area contributed by atoms with Crippen molar-refractivity contribution in [3.8, 4) is 0 Å². The maximum absolute atomic E-state index is 5.56. The van der Waals surface area contributed by atoms with Gasteiger partial charge in [0, 0.05) is 38.7 Å². The first-order chi connectivity index (χ1) is 15.1. The van der Waals surface area contributed by atoms with Crippen molar-refractivity contribution in [2.24, 2.45) is 4.99 Å². The summed E-state index contributed by atoms with van der Waals surface area (Å²) in [6, 6.07) is 11.1. The molecule has 178 valence electrons. The molecule has 1 aliphatic rings. The number of benzene rings is 1. The first-order valence-corrected chi connectivity index (χ1v) is 11.4. The lowest BCUT2D eigenvalue weighted by Crippen LogP contribution is -2.46. The molecule has 1 unspecified atom stereocenters. The molecule has 1 fully saturated rings. The highest BCUT2D eigenvalue weighted by atomic mass is 127. The zero-order chi connectivity index (χ0) is 22.1. The van der Waals surface area contributed by atoms with Crippen LogP contribution in [0.1, 0.15) is 61.2 Å². The van der Waals surface area contributed by atoms with Crippen molar-refractivity contribution in [2.45, 2.75) is 52.1 Å². The topological polar surface area (TPSA) is 74.9 Å². The summed E-state index contributed by atoms with van der Waals surface area (Å²) < 4.78 is 11.1. The van der Waals surface area contributed by atoms with Gasteiger partial charge in [-0.15, -0.1) is 24.0 Å². The molecule has 1 aliphatic heterocycles. The third kappa shape index (κ3) is 7.45. The number of morpholine rings is 1. The Morgan fingerprint density at radius 3 is 2.44 bits per heavy atom. The molecule has 2 aromatic rings. The predicted molar refractivity (Wildman–Crippen MR) is 140 cm³/mol. The first-order valence-electron chi connectivity index (χ1n) is 11.4. The highest BCUT2D eigenvalue weighted by Gasteiger charge is 2.23. The van der Waals surface area contributed by atoms with Crippen molar-refractivity contribution in [3.63, 3.8) is 0 Å². The van der Waals surface area contributed by atoms with Crippen LogP contribution >= 0.6 is 24.0 Å². The number of aliphatic imine (C=N–C) groups is 1. The molecule has 0 radical (unpaired) electrons. The first kappa shape index (κ1) is 26.6. The van der Waals surface area contributed by atoms with E-state index < -0.39 is 0 Å². The van der Waals surface area contributed by atoms with Crippen molar-refractivity contribution < 1.29 is 9.26 Å². The number of rotatable bonds is 9. The Kier molecular flexibility index (Phi) is 11.5. The molecule has 2 heterocycles. The van der Waals surface area contributed by atoms with Crippen molar-refractivity contribution in [3.05, 3.63) is 52.9 Å². The predicted octanol–water partition coefficient (Wildman–Crippen LogP) is 4.24. The van der Waals surface area contributed by atoms with Gasteiger partial charge in [0.05, 0.1) is 31.5 Å². The summed E-state index contributed by atoms with van der Waals surface area (Å²) in [7, 11) is 1.79. The lowest BCUT2D eigenvalue weighted by molar-refractivity contribution is 0.0170. The Morgan fingerprint density at radius 2 is 1.81 bits per heavy atom. The summed E-state index contributed by atoms with van der Waals surface area (Å²) in [5.41, 5.74) is 3.62. The zero-order valence-electron chi connectivity index (χ0n) is 19.8. The molecule has 8 heteroatoms. The quantitative estimate of drug-likeness (QED) is 0.274. The van der Waals surface area contributed by atoms with E-state index >= 15 is 0 Å². The summed E-state index contributed by atoms with van der Waals surface area (Å²) in [6.45, 7) is 11.2. The van der Waals surface area contributed by atoms with Crippen LogP contribution in [0, 0.1) is 6.92 Å². The van der Waals surface area contributed by atoms with E-state index in [0.717, 1.165) is 63.1 Å². The van der Waals surface area contributed by atoms with Gasteiger partial charge in [-0.1, -0.05) is 48.8 Å². The highest BCUT2D eigenvalue weighted by Crippen LogP contribution is 2.23. The van der Waals surface area contributed by atoms with Crippen LogP contribution in [0.4, 0.5) is 0 Å². The van der Waals surface area contributed by atoms with E-state index in [4.69, 9.17) is 9.26 Å². The molecular formula is C24H38IN5O2. The Morgan fingerprint density at radius 1 is 1.12 bits per heavy atom. The molecule has 0 bridgehead atoms. The lowest BCUT2D eigenvalue weighted by Gasteiger charge is -2.35. The van der Waals surface area contributed by atoms with Gasteiger partial charge < -0.3 is 19.9 Å². The molecule has 1 aromatic carbocycles. The Hall–Kier alpha value is -1.65. The second-order valence-corrected chi connectivity index (χ2v) is 8.11. The average molecular weight is 556 g/mol. The van der Waals surface area contributed by atoms with Crippen LogP contribution < -0.4 is 10.6 Å². The van der Waals surface area contributed by atoms with Gasteiger partial charge in [0.2, 0.25) is 0 Å². The van der Waals surface area contributed by atoms with Crippen molar-refractivity contribution in [1.29, 1.82) is 0 Å². The minimum absolute atomic E-state index is 0. The molecule has 1 aromatic heterocycles. The average Bonchev–Trinajstić information content (AvgIpc) is 3.27. The summed E-state index contributed by atoms with van der Waals surface area (Å²) in [5, 5.41) is 11.1. The number of ether oxygens (including phenoxy) is 1. The van der Waals surface area contributed by atoms with Gasteiger partial charge in [0.15, 0.2) is 11.7 Å². The molecule has 2 N–H and O–H groups in total. The molecule has 0 amide bonds. The maximum Gasteiger partial charge on any atom is 0.191 e. The third-order valence-electron chi connectivity index (χ3n) is 6.05. The van der Waals surface area contributed by atoms with E-state index in [-0.39, 0.29) is 30.0 Å². The van der Waals surface area contributed by atoms with Gasteiger partial charge >= 0.3 is 0 Å². The van der Waals surface area contributed by atoms with E-state index in [9.17, 15) is 0 Å². The second kappa shape index (κ2) is 13.8. The minimum Gasteiger partial charge on any atom is -0.379 e. The van der Waals surface area contributed by atoms with Crippen LogP contribution in [0.2, 0.25) is 0 Å². The number of guanidine groups is 1. The standard InChI is InChI=1S/C24H37N5O2.HI/c1-5-19(6-2)22-15-21(31-28-22)16-26-24(25-4)27-17-23(29-11-13-30-14-12-29)20-9-7-18(3)8-10-20;/h7-10,15,19,23H,5-6,11-14,16-17H2,1-4H3,(H2,25,26,27);1H. The van der Waals surface area contributed by atoms with Crippen LogP contribution in [0.5, 0.6) is 0 Å². The Balaban J connectivity index is 0.00000363. The summed E-state index contributed by atoms with van der Waals surface area (Å²) in [4.78, 5) is 6.87. The van der Waals surface area contributed by atoms with Crippen LogP contribution in [0.15, 0.2) is 39.8 Å². The van der Waals surface area contributed by atoms with Gasteiger partial charge in [0.1, 0.15) is 0 Å². The van der Waals surface area contributed by atoms with Crippen LogP contribution in [0.25, 0.3) is 0 Å². The molecule has 1 atom stereocenters. The van der Waals surface area contributed by atoms with Crippen LogP contribution in [0.3, 0.4) is 0 Å². The molecule has 0 saturated carbocycles. The van der Waals surface area contributed by atoms with E-state index in [2.05, 4.69) is 76.8 Å². The van der Waals surface area contributed by atoms with E-state index in [1.807, 2.05) is 0 Å². The largest absolute Gasteiger partial charge is 0.379 e. The molecule has 32 heavy (non-hydrogen) atoms. The minimum atomic E-state index is 0. The third-order valence-corrected chi connectivity index (χ3v) is 6.05. The summed E-state index contributed by atoms with van der Waals surface area (Å²) in [6.07, 6.45) is 2.14. The monoisotopic (exact) mass is 555 g/mol. The van der Waals surface area contributed by atoms with Crippen LogP contribution in [-0.4, -0.2) is 55.9 Å². The lowest BCUT2D eigenvalue weighted by atomic mass is 9.99. The van der Waals surface area contributed by atoms with Crippen molar-refractivity contribution >= 4 is 29.9 Å². The molecule has 7 nitrogen and oxygen atoms in total. The SMILES string of the molecule is CCC(CC)c1cc(CNC(=NC)NCC(c2ccc(C)cc2)N2CCOCC2)on1.I. The summed E-state index contributed by atoms with van der Waals surface area (Å²) in [5.74, 6) is 2.04. The Labute approximate surface area is 209 Å².